The molecule has 2 aromatic heterocycles. The first-order valence-corrected chi connectivity index (χ1v) is 5.46. The summed E-state index contributed by atoms with van der Waals surface area (Å²) in [6.07, 6.45) is 4.44. The molecule has 0 saturated heterocycles. The number of aromatic nitrogens is 4. The van der Waals surface area contributed by atoms with E-state index in [4.69, 9.17) is 4.74 Å². The molecule has 0 atom stereocenters. The third kappa shape index (κ3) is 2.45. The second-order valence-corrected chi connectivity index (χ2v) is 3.41. The summed E-state index contributed by atoms with van der Waals surface area (Å²) >= 11 is 0. The van der Waals surface area contributed by atoms with Crippen molar-refractivity contribution < 1.29 is 9.53 Å². The Morgan fingerprint density at radius 1 is 1.50 bits per heavy atom. The zero-order chi connectivity index (χ0) is 13.0. The van der Waals surface area contributed by atoms with Crippen LogP contribution in [-0.4, -0.2) is 39.4 Å². The molecular weight excluding hydrogens is 234 g/mol. The molecule has 0 spiro atoms. The molecule has 7 nitrogen and oxygen atoms in total. The fraction of sp³-hybridized carbons (Fsp3) is 0.273. The maximum Gasteiger partial charge on any atom is 0.341 e. The average Bonchev–Trinajstić information content (AvgIpc) is 2.89. The summed E-state index contributed by atoms with van der Waals surface area (Å²) in [5.41, 5.74) is 0.390. The summed E-state index contributed by atoms with van der Waals surface area (Å²) in [4.78, 5) is 19.6. The van der Waals surface area contributed by atoms with Crippen LogP contribution in [0.15, 0.2) is 24.8 Å². The van der Waals surface area contributed by atoms with Gasteiger partial charge in [0.05, 0.1) is 18.4 Å². The van der Waals surface area contributed by atoms with Gasteiger partial charge in [-0.05, 0) is 6.92 Å². The lowest BCUT2D eigenvalue weighted by Gasteiger charge is -2.02. The van der Waals surface area contributed by atoms with Gasteiger partial charge in [-0.3, -0.25) is 0 Å². The highest BCUT2D eigenvalue weighted by atomic mass is 16.5. The molecule has 1 N–H and O–H groups in total. The second-order valence-electron chi connectivity index (χ2n) is 3.41. The zero-order valence-corrected chi connectivity index (χ0v) is 10.1. The maximum atomic E-state index is 11.5. The number of hydrogen-bond donors (Lipinski definition) is 1. The predicted octanol–water partition coefficient (Wildman–Crippen LogP) is 0.881. The van der Waals surface area contributed by atoms with Crippen LogP contribution in [0.1, 0.15) is 17.3 Å². The number of esters is 1. The van der Waals surface area contributed by atoms with Crippen molar-refractivity contribution in [3.8, 4) is 5.82 Å². The van der Waals surface area contributed by atoms with Gasteiger partial charge in [-0.15, -0.1) is 0 Å². The van der Waals surface area contributed by atoms with E-state index in [0.29, 0.717) is 23.8 Å². The third-order valence-corrected chi connectivity index (χ3v) is 2.24. The predicted molar refractivity (Wildman–Crippen MR) is 64.7 cm³/mol. The van der Waals surface area contributed by atoms with Crippen LogP contribution in [0.3, 0.4) is 0 Å². The summed E-state index contributed by atoms with van der Waals surface area (Å²) in [5.74, 6) is 0.852. The molecule has 0 fully saturated rings. The maximum absolute atomic E-state index is 11.5. The van der Waals surface area contributed by atoms with Crippen molar-refractivity contribution >= 4 is 11.8 Å². The minimum Gasteiger partial charge on any atom is -0.462 e. The van der Waals surface area contributed by atoms with Gasteiger partial charge in [-0.1, -0.05) is 0 Å². The summed E-state index contributed by atoms with van der Waals surface area (Å²) in [6, 6.07) is 1.72. The van der Waals surface area contributed by atoms with Crippen molar-refractivity contribution in [3.63, 3.8) is 0 Å². The van der Waals surface area contributed by atoms with E-state index in [-0.39, 0.29) is 0 Å². The van der Waals surface area contributed by atoms with E-state index in [1.807, 2.05) is 0 Å². The Morgan fingerprint density at radius 2 is 2.33 bits per heavy atom. The SMILES string of the molecule is CCOC(=O)c1cnn(-c2cc(NC)ncn2)c1. The largest absolute Gasteiger partial charge is 0.462 e. The highest BCUT2D eigenvalue weighted by molar-refractivity contribution is 5.88. The van der Waals surface area contributed by atoms with Gasteiger partial charge in [0.1, 0.15) is 12.1 Å². The quantitative estimate of drug-likeness (QED) is 0.808. The number of rotatable bonds is 4. The van der Waals surface area contributed by atoms with Crippen LogP contribution in [0.4, 0.5) is 5.82 Å². The third-order valence-electron chi connectivity index (χ3n) is 2.24. The molecule has 2 aromatic rings. The van der Waals surface area contributed by atoms with Gasteiger partial charge in [0.15, 0.2) is 5.82 Å². The first-order chi connectivity index (χ1) is 8.74. The highest BCUT2D eigenvalue weighted by Gasteiger charge is 2.10. The summed E-state index contributed by atoms with van der Waals surface area (Å²) < 4.78 is 6.38. The van der Waals surface area contributed by atoms with Gasteiger partial charge in [0.25, 0.3) is 0 Å². The Morgan fingerprint density at radius 3 is 3.06 bits per heavy atom. The van der Waals surface area contributed by atoms with Crippen molar-refractivity contribution in [1.29, 1.82) is 0 Å². The average molecular weight is 247 g/mol. The van der Waals surface area contributed by atoms with Gasteiger partial charge in [-0.2, -0.15) is 5.10 Å². The van der Waals surface area contributed by atoms with Crippen LogP contribution in [0.25, 0.3) is 5.82 Å². The molecule has 0 unspecified atom stereocenters. The van der Waals surface area contributed by atoms with Gasteiger partial charge >= 0.3 is 5.97 Å². The number of nitrogens with one attached hydrogen (secondary N) is 1. The lowest BCUT2D eigenvalue weighted by atomic mass is 10.4. The fourth-order valence-corrected chi connectivity index (χ4v) is 1.38. The Labute approximate surface area is 104 Å². The van der Waals surface area contributed by atoms with Crippen molar-refractivity contribution in [1.82, 2.24) is 19.7 Å². The second kappa shape index (κ2) is 5.26. The molecular formula is C11H13N5O2. The number of ether oxygens (including phenoxy) is 1. The van der Waals surface area contributed by atoms with E-state index in [2.05, 4.69) is 20.4 Å². The number of carbonyl (C=O) groups is 1. The van der Waals surface area contributed by atoms with E-state index in [0.717, 1.165) is 0 Å². The molecule has 7 heteroatoms. The number of hydrogen-bond acceptors (Lipinski definition) is 6. The Bertz CT molecular complexity index is 552. The normalized spacial score (nSPS) is 10.1. The minimum atomic E-state index is -0.397. The number of anilines is 1. The van der Waals surface area contributed by atoms with Gasteiger partial charge in [0.2, 0.25) is 0 Å². The first-order valence-electron chi connectivity index (χ1n) is 5.46. The van der Waals surface area contributed by atoms with Gasteiger partial charge in [0, 0.05) is 19.3 Å². The molecule has 94 valence electrons. The minimum absolute atomic E-state index is 0.335. The van der Waals surface area contributed by atoms with Crippen LogP contribution in [-0.2, 0) is 4.74 Å². The molecule has 2 heterocycles. The summed E-state index contributed by atoms with van der Waals surface area (Å²) in [7, 11) is 1.76. The lowest BCUT2D eigenvalue weighted by molar-refractivity contribution is 0.0526. The van der Waals surface area contributed by atoms with E-state index in [1.165, 1.54) is 17.2 Å². The fourth-order valence-electron chi connectivity index (χ4n) is 1.38. The van der Waals surface area contributed by atoms with Crippen molar-refractivity contribution in [2.45, 2.75) is 6.92 Å². The Balaban J connectivity index is 2.26. The lowest BCUT2D eigenvalue weighted by Crippen LogP contribution is -2.04. The standard InChI is InChI=1S/C11H13N5O2/c1-3-18-11(17)8-5-15-16(6-8)10-4-9(12-2)13-7-14-10/h4-7H,3H2,1-2H3,(H,12,13,14). The molecule has 0 bridgehead atoms. The van der Waals surface area contributed by atoms with E-state index in [9.17, 15) is 4.79 Å². The van der Waals surface area contributed by atoms with Crippen LogP contribution in [0.5, 0.6) is 0 Å². The van der Waals surface area contributed by atoms with Crippen molar-refractivity contribution in [3.05, 3.63) is 30.4 Å². The molecule has 0 aliphatic heterocycles. The zero-order valence-electron chi connectivity index (χ0n) is 10.1. The van der Waals surface area contributed by atoms with E-state index >= 15 is 0 Å². The molecule has 0 aromatic carbocycles. The molecule has 18 heavy (non-hydrogen) atoms. The van der Waals surface area contributed by atoms with E-state index in [1.54, 1.807) is 26.2 Å². The topological polar surface area (TPSA) is 81.9 Å². The monoisotopic (exact) mass is 247 g/mol. The van der Waals surface area contributed by atoms with E-state index < -0.39 is 5.97 Å². The Kier molecular flexibility index (Phi) is 3.52. The molecule has 0 saturated carbocycles. The summed E-state index contributed by atoms with van der Waals surface area (Å²) in [5, 5.41) is 6.97. The smallest absolute Gasteiger partial charge is 0.341 e. The molecule has 0 amide bonds. The molecule has 0 radical (unpaired) electrons. The van der Waals surface area contributed by atoms with Crippen molar-refractivity contribution in [2.24, 2.45) is 0 Å². The van der Waals surface area contributed by atoms with Crippen LogP contribution in [0, 0.1) is 0 Å². The van der Waals surface area contributed by atoms with Crippen LogP contribution >= 0.6 is 0 Å². The molecule has 0 aliphatic carbocycles. The Hall–Kier alpha value is -2.44. The number of carbonyl (C=O) groups excluding carboxylic acids is 1. The van der Waals surface area contributed by atoms with Crippen LogP contribution in [0.2, 0.25) is 0 Å². The number of nitrogens with zero attached hydrogens (tertiary/aromatic N) is 4. The first kappa shape index (κ1) is 12.0. The van der Waals surface area contributed by atoms with Gasteiger partial charge in [-0.25, -0.2) is 19.4 Å². The van der Waals surface area contributed by atoms with Crippen molar-refractivity contribution in [2.75, 3.05) is 19.0 Å². The highest BCUT2D eigenvalue weighted by Crippen LogP contribution is 2.09. The van der Waals surface area contributed by atoms with Gasteiger partial charge < -0.3 is 10.1 Å². The molecule has 2 rings (SSSR count). The van der Waals surface area contributed by atoms with Crippen LogP contribution < -0.4 is 5.32 Å². The summed E-state index contributed by atoms with van der Waals surface area (Å²) in [6.45, 7) is 2.09. The molecule has 0 aliphatic rings.